The first-order chi connectivity index (χ1) is 8.89. The third kappa shape index (κ3) is 2.39. The lowest BCUT2D eigenvalue weighted by atomic mass is 9.99. The summed E-state index contributed by atoms with van der Waals surface area (Å²) in [6.07, 6.45) is 0.787. The minimum atomic E-state index is -0.434. The van der Waals surface area contributed by atoms with Crippen molar-refractivity contribution < 1.29 is 4.79 Å². The molecule has 2 unspecified atom stereocenters. The normalized spacial score (nSPS) is 27.4. The van der Waals surface area contributed by atoms with E-state index >= 15 is 0 Å². The van der Waals surface area contributed by atoms with Crippen LogP contribution in [0.1, 0.15) is 57.3 Å². The SMILES string of the molecule is CCC1(C)NC(c2ccc(C(C)C)cc2)N(C)C1=O. The van der Waals surface area contributed by atoms with Crippen molar-refractivity contribution in [3.63, 3.8) is 0 Å². The number of rotatable bonds is 3. The van der Waals surface area contributed by atoms with Crippen LogP contribution in [0.25, 0.3) is 0 Å². The van der Waals surface area contributed by atoms with E-state index in [0.29, 0.717) is 5.92 Å². The van der Waals surface area contributed by atoms with Gasteiger partial charge in [-0.15, -0.1) is 0 Å². The van der Waals surface area contributed by atoms with E-state index in [1.54, 1.807) is 0 Å². The highest BCUT2D eigenvalue weighted by molar-refractivity contribution is 5.88. The summed E-state index contributed by atoms with van der Waals surface area (Å²) in [5, 5.41) is 3.46. The van der Waals surface area contributed by atoms with Crippen molar-refractivity contribution >= 4 is 5.91 Å². The van der Waals surface area contributed by atoms with Gasteiger partial charge in [0.25, 0.3) is 0 Å². The monoisotopic (exact) mass is 260 g/mol. The van der Waals surface area contributed by atoms with E-state index in [4.69, 9.17) is 0 Å². The van der Waals surface area contributed by atoms with Gasteiger partial charge in [0.15, 0.2) is 0 Å². The largest absolute Gasteiger partial charge is 0.324 e. The van der Waals surface area contributed by atoms with Crippen LogP contribution in [-0.4, -0.2) is 23.4 Å². The first-order valence-electron chi connectivity index (χ1n) is 7.04. The fraction of sp³-hybridized carbons (Fsp3) is 0.562. The number of carbonyl (C=O) groups excluding carboxylic acids is 1. The van der Waals surface area contributed by atoms with Gasteiger partial charge in [-0.05, 0) is 30.4 Å². The molecular formula is C16H24N2O. The minimum absolute atomic E-state index is 0.0151. The number of benzene rings is 1. The Kier molecular flexibility index (Phi) is 3.68. The Labute approximate surface area is 116 Å². The molecule has 1 N–H and O–H groups in total. The van der Waals surface area contributed by atoms with Crippen molar-refractivity contribution in [1.29, 1.82) is 0 Å². The zero-order valence-corrected chi connectivity index (χ0v) is 12.5. The molecule has 1 amide bonds. The maximum absolute atomic E-state index is 12.3. The average molecular weight is 260 g/mol. The summed E-state index contributed by atoms with van der Waals surface area (Å²) in [5.41, 5.74) is 2.04. The van der Waals surface area contributed by atoms with E-state index in [1.165, 1.54) is 5.56 Å². The molecule has 19 heavy (non-hydrogen) atoms. The summed E-state index contributed by atoms with van der Waals surface area (Å²) < 4.78 is 0. The van der Waals surface area contributed by atoms with Gasteiger partial charge >= 0.3 is 0 Å². The lowest BCUT2D eigenvalue weighted by molar-refractivity contribution is -0.131. The molecular weight excluding hydrogens is 236 g/mol. The number of hydrogen-bond donors (Lipinski definition) is 1. The van der Waals surface area contributed by atoms with Crippen LogP contribution >= 0.6 is 0 Å². The maximum atomic E-state index is 12.3. The van der Waals surface area contributed by atoms with E-state index in [0.717, 1.165) is 12.0 Å². The van der Waals surface area contributed by atoms with Crippen LogP contribution in [0.15, 0.2) is 24.3 Å². The van der Waals surface area contributed by atoms with Gasteiger partial charge in [0.05, 0.1) is 5.54 Å². The predicted molar refractivity (Wildman–Crippen MR) is 77.9 cm³/mol. The lowest BCUT2D eigenvalue weighted by Gasteiger charge is -2.21. The molecule has 1 aliphatic rings. The van der Waals surface area contributed by atoms with E-state index in [1.807, 2.05) is 25.8 Å². The molecule has 0 saturated carbocycles. The molecule has 2 rings (SSSR count). The smallest absolute Gasteiger partial charge is 0.243 e. The number of carbonyl (C=O) groups is 1. The van der Waals surface area contributed by atoms with Gasteiger partial charge in [0, 0.05) is 7.05 Å². The summed E-state index contributed by atoms with van der Waals surface area (Å²) >= 11 is 0. The molecule has 0 spiro atoms. The van der Waals surface area contributed by atoms with Gasteiger partial charge in [-0.25, -0.2) is 0 Å². The van der Waals surface area contributed by atoms with Crippen LogP contribution in [0.4, 0.5) is 0 Å². The molecule has 0 aliphatic carbocycles. The molecule has 0 bridgehead atoms. The second kappa shape index (κ2) is 4.97. The van der Waals surface area contributed by atoms with Gasteiger partial charge < -0.3 is 4.90 Å². The molecule has 1 aliphatic heterocycles. The van der Waals surface area contributed by atoms with Gasteiger partial charge in [-0.3, -0.25) is 10.1 Å². The molecule has 1 aromatic rings. The third-order valence-corrected chi connectivity index (χ3v) is 4.26. The molecule has 1 saturated heterocycles. The Morgan fingerprint density at radius 2 is 1.89 bits per heavy atom. The van der Waals surface area contributed by atoms with Gasteiger partial charge in [0.2, 0.25) is 5.91 Å². The zero-order valence-electron chi connectivity index (χ0n) is 12.5. The molecule has 3 heteroatoms. The molecule has 0 radical (unpaired) electrons. The van der Waals surface area contributed by atoms with E-state index in [-0.39, 0.29) is 12.1 Å². The Balaban J connectivity index is 2.25. The second-order valence-corrected chi connectivity index (χ2v) is 5.97. The standard InChI is InChI=1S/C16H24N2O/c1-6-16(4)15(19)18(5)14(17-16)13-9-7-12(8-10-13)11(2)3/h7-11,14,17H,6H2,1-5H3. The fourth-order valence-corrected chi connectivity index (χ4v) is 2.59. The summed E-state index contributed by atoms with van der Waals surface area (Å²) in [4.78, 5) is 14.1. The summed E-state index contributed by atoms with van der Waals surface area (Å²) in [5.74, 6) is 0.707. The lowest BCUT2D eigenvalue weighted by Crippen LogP contribution is -2.42. The van der Waals surface area contributed by atoms with Crippen molar-refractivity contribution in [2.24, 2.45) is 0 Å². The van der Waals surface area contributed by atoms with Gasteiger partial charge in [-0.2, -0.15) is 0 Å². The van der Waals surface area contributed by atoms with Crippen LogP contribution in [-0.2, 0) is 4.79 Å². The Hall–Kier alpha value is -1.35. The molecule has 2 atom stereocenters. The number of hydrogen-bond acceptors (Lipinski definition) is 2. The highest BCUT2D eigenvalue weighted by atomic mass is 16.2. The van der Waals surface area contributed by atoms with Crippen molar-refractivity contribution in [2.45, 2.75) is 51.7 Å². The number of nitrogens with one attached hydrogen (secondary N) is 1. The van der Waals surface area contributed by atoms with Crippen LogP contribution in [0, 0.1) is 0 Å². The van der Waals surface area contributed by atoms with Gasteiger partial charge in [-0.1, -0.05) is 45.0 Å². The van der Waals surface area contributed by atoms with Crippen LogP contribution < -0.4 is 5.32 Å². The Morgan fingerprint density at radius 3 is 2.32 bits per heavy atom. The topological polar surface area (TPSA) is 32.3 Å². The van der Waals surface area contributed by atoms with Crippen LogP contribution in [0.2, 0.25) is 0 Å². The molecule has 3 nitrogen and oxygen atoms in total. The first kappa shape index (κ1) is 14.1. The summed E-state index contributed by atoms with van der Waals surface area (Å²) in [7, 11) is 1.87. The summed E-state index contributed by atoms with van der Waals surface area (Å²) in [6, 6.07) is 8.56. The van der Waals surface area contributed by atoms with Gasteiger partial charge in [0.1, 0.15) is 6.17 Å². The average Bonchev–Trinajstić information content (AvgIpc) is 2.64. The molecule has 0 aromatic heterocycles. The zero-order chi connectivity index (χ0) is 14.2. The third-order valence-electron chi connectivity index (χ3n) is 4.26. The van der Waals surface area contributed by atoms with Crippen molar-refractivity contribution in [3.05, 3.63) is 35.4 Å². The van der Waals surface area contributed by atoms with Crippen molar-refractivity contribution in [2.75, 3.05) is 7.05 Å². The molecule has 1 aromatic carbocycles. The van der Waals surface area contributed by atoms with Crippen molar-refractivity contribution in [1.82, 2.24) is 10.2 Å². The van der Waals surface area contributed by atoms with Crippen molar-refractivity contribution in [3.8, 4) is 0 Å². The van der Waals surface area contributed by atoms with E-state index in [2.05, 4.69) is 43.4 Å². The number of likely N-dealkylation sites (N-methyl/N-ethyl adjacent to an activating group) is 1. The van der Waals surface area contributed by atoms with Crippen LogP contribution in [0.5, 0.6) is 0 Å². The highest BCUT2D eigenvalue weighted by Crippen LogP contribution is 2.31. The Bertz CT molecular complexity index is 466. The Morgan fingerprint density at radius 1 is 1.32 bits per heavy atom. The number of nitrogens with zero attached hydrogens (tertiary/aromatic N) is 1. The molecule has 1 fully saturated rings. The molecule has 1 heterocycles. The van der Waals surface area contributed by atoms with Crippen LogP contribution in [0.3, 0.4) is 0 Å². The fourth-order valence-electron chi connectivity index (χ4n) is 2.59. The minimum Gasteiger partial charge on any atom is -0.324 e. The van der Waals surface area contributed by atoms with E-state index < -0.39 is 5.54 Å². The second-order valence-electron chi connectivity index (χ2n) is 5.97. The van der Waals surface area contributed by atoms with E-state index in [9.17, 15) is 4.79 Å². The summed E-state index contributed by atoms with van der Waals surface area (Å²) in [6.45, 7) is 8.40. The quantitative estimate of drug-likeness (QED) is 0.906. The first-order valence-corrected chi connectivity index (χ1v) is 7.04. The number of amides is 1. The molecule has 104 valence electrons. The highest BCUT2D eigenvalue weighted by Gasteiger charge is 2.45. The maximum Gasteiger partial charge on any atom is 0.243 e. The predicted octanol–water partition coefficient (Wildman–Crippen LogP) is 3.04.